The van der Waals surface area contributed by atoms with E-state index < -0.39 is 0 Å². The van der Waals surface area contributed by atoms with Crippen LogP contribution in [0.3, 0.4) is 0 Å². The molecule has 1 fully saturated rings. The molecule has 1 amide bonds. The maximum absolute atomic E-state index is 12.4. The average molecular weight is 360 g/mol. The molecule has 2 heterocycles. The van der Waals surface area contributed by atoms with Gasteiger partial charge in [-0.2, -0.15) is 0 Å². The van der Waals surface area contributed by atoms with Crippen molar-refractivity contribution < 1.29 is 14.6 Å². The number of benzene rings is 1. The van der Waals surface area contributed by atoms with E-state index in [4.69, 9.17) is 4.74 Å². The summed E-state index contributed by atoms with van der Waals surface area (Å²) in [6, 6.07) is 9.56. The first kappa shape index (κ1) is 17.8. The van der Waals surface area contributed by atoms with E-state index in [0.29, 0.717) is 23.3 Å². The summed E-state index contributed by atoms with van der Waals surface area (Å²) in [6.07, 6.45) is 3.56. The fraction of sp³-hybridized carbons (Fsp3) is 0.421. The first-order chi connectivity index (χ1) is 12.1. The van der Waals surface area contributed by atoms with Gasteiger partial charge in [-0.25, -0.2) is 0 Å². The molecule has 0 radical (unpaired) electrons. The van der Waals surface area contributed by atoms with Crippen molar-refractivity contribution in [2.75, 3.05) is 20.3 Å². The van der Waals surface area contributed by atoms with Crippen molar-refractivity contribution in [3.8, 4) is 21.9 Å². The Bertz CT molecular complexity index is 744. The van der Waals surface area contributed by atoms with Crippen LogP contribution in [0.25, 0.3) is 10.4 Å². The van der Waals surface area contributed by atoms with E-state index in [0.717, 1.165) is 23.4 Å². The van der Waals surface area contributed by atoms with Crippen LogP contribution >= 0.6 is 11.3 Å². The van der Waals surface area contributed by atoms with Crippen molar-refractivity contribution in [1.29, 1.82) is 0 Å². The Hall–Kier alpha value is -2.05. The van der Waals surface area contributed by atoms with Gasteiger partial charge in [0.15, 0.2) is 11.5 Å². The molecule has 3 rings (SSSR count). The summed E-state index contributed by atoms with van der Waals surface area (Å²) in [7, 11) is 1.52. The number of hydrogen-bond donors (Lipinski definition) is 2. The van der Waals surface area contributed by atoms with Crippen molar-refractivity contribution in [3.05, 3.63) is 35.2 Å². The molecule has 6 heteroatoms. The van der Waals surface area contributed by atoms with Crippen molar-refractivity contribution in [1.82, 2.24) is 10.2 Å². The summed E-state index contributed by atoms with van der Waals surface area (Å²) in [5, 5.41) is 12.7. The van der Waals surface area contributed by atoms with Gasteiger partial charge in [0.1, 0.15) is 0 Å². The van der Waals surface area contributed by atoms with E-state index in [9.17, 15) is 9.90 Å². The number of methoxy groups -OCH3 is 1. The van der Waals surface area contributed by atoms with Gasteiger partial charge in [0.25, 0.3) is 5.91 Å². The van der Waals surface area contributed by atoms with Gasteiger partial charge >= 0.3 is 0 Å². The second-order valence-electron chi connectivity index (χ2n) is 6.23. The van der Waals surface area contributed by atoms with E-state index in [-0.39, 0.29) is 11.7 Å². The smallest absolute Gasteiger partial charge is 0.262 e. The molecule has 1 aromatic carbocycles. The number of hydrogen-bond acceptors (Lipinski definition) is 5. The highest BCUT2D eigenvalue weighted by Gasteiger charge is 2.23. The highest BCUT2D eigenvalue weighted by molar-refractivity contribution is 7.17. The summed E-state index contributed by atoms with van der Waals surface area (Å²) in [6.45, 7) is 3.86. The molecule has 5 nitrogen and oxygen atoms in total. The van der Waals surface area contributed by atoms with Crippen LogP contribution in [0.2, 0.25) is 0 Å². The zero-order valence-corrected chi connectivity index (χ0v) is 15.4. The van der Waals surface area contributed by atoms with E-state index in [1.165, 1.54) is 31.3 Å². The number of phenolic OH excluding ortho intramolecular Hbond substituents is 1. The molecule has 0 spiro atoms. The topological polar surface area (TPSA) is 61.8 Å². The molecule has 1 atom stereocenters. The van der Waals surface area contributed by atoms with Gasteiger partial charge in [-0.05, 0) is 55.2 Å². The minimum Gasteiger partial charge on any atom is -0.504 e. The van der Waals surface area contributed by atoms with Crippen molar-refractivity contribution >= 4 is 17.2 Å². The predicted octanol–water partition coefficient (Wildman–Crippen LogP) is 3.69. The second kappa shape index (κ2) is 7.89. The fourth-order valence-corrected chi connectivity index (χ4v) is 4.19. The monoisotopic (exact) mass is 360 g/mol. The fourth-order valence-electron chi connectivity index (χ4n) is 3.27. The van der Waals surface area contributed by atoms with E-state index in [1.54, 1.807) is 12.1 Å². The predicted molar refractivity (Wildman–Crippen MR) is 100 cm³/mol. The molecule has 1 unspecified atom stereocenters. The van der Waals surface area contributed by atoms with Crippen LogP contribution in [0.15, 0.2) is 30.3 Å². The molecule has 1 aliphatic rings. The number of nitrogens with one attached hydrogen (secondary N) is 1. The number of rotatable bonds is 6. The van der Waals surface area contributed by atoms with Gasteiger partial charge in [0.2, 0.25) is 0 Å². The van der Waals surface area contributed by atoms with Crippen LogP contribution in [-0.4, -0.2) is 42.3 Å². The number of carbonyl (C=O) groups excluding carboxylic acids is 1. The third-order valence-corrected chi connectivity index (χ3v) is 5.84. The van der Waals surface area contributed by atoms with Crippen LogP contribution < -0.4 is 10.1 Å². The lowest BCUT2D eigenvalue weighted by Gasteiger charge is -2.23. The molecular formula is C19H24N2O3S. The zero-order valence-electron chi connectivity index (χ0n) is 14.6. The summed E-state index contributed by atoms with van der Waals surface area (Å²) in [5.74, 6) is 0.497. The summed E-state index contributed by atoms with van der Waals surface area (Å²) < 4.78 is 5.15. The SMILES string of the molecule is CCC1CCCN1CNC(=O)c1ccc(-c2ccc(O)c(OC)c2)s1. The minimum absolute atomic E-state index is 0.0382. The summed E-state index contributed by atoms with van der Waals surface area (Å²) >= 11 is 1.44. The lowest BCUT2D eigenvalue weighted by Crippen LogP contribution is -2.39. The Morgan fingerprint density at radius 3 is 3.00 bits per heavy atom. The molecular weight excluding hydrogens is 336 g/mol. The van der Waals surface area contributed by atoms with Gasteiger partial charge in [-0.1, -0.05) is 6.92 Å². The quantitative estimate of drug-likeness (QED) is 0.825. The molecule has 134 valence electrons. The number of thiophene rings is 1. The van der Waals surface area contributed by atoms with E-state index >= 15 is 0 Å². The Morgan fingerprint density at radius 2 is 2.24 bits per heavy atom. The number of ether oxygens (including phenoxy) is 1. The van der Waals surface area contributed by atoms with Gasteiger partial charge in [0.05, 0.1) is 18.7 Å². The highest BCUT2D eigenvalue weighted by atomic mass is 32.1. The lowest BCUT2D eigenvalue weighted by molar-refractivity contribution is 0.0921. The lowest BCUT2D eigenvalue weighted by atomic mass is 10.1. The number of aromatic hydroxyl groups is 1. The number of amides is 1. The standard InChI is InChI=1S/C19H24N2O3S/c1-3-14-5-4-10-21(14)12-20-19(23)18-9-8-17(25-18)13-6-7-15(22)16(11-13)24-2/h6-9,11,14,22H,3-5,10,12H2,1-2H3,(H,20,23). The Kier molecular flexibility index (Phi) is 5.60. The van der Waals surface area contributed by atoms with Gasteiger partial charge in [-0.15, -0.1) is 11.3 Å². The van der Waals surface area contributed by atoms with Crippen LogP contribution in [-0.2, 0) is 0 Å². The van der Waals surface area contributed by atoms with Crippen LogP contribution in [0.5, 0.6) is 11.5 Å². The van der Waals surface area contributed by atoms with Gasteiger partial charge < -0.3 is 15.2 Å². The number of phenols is 1. The summed E-state index contributed by atoms with van der Waals surface area (Å²) in [4.78, 5) is 16.4. The molecule has 25 heavy (non-hydrogen) atoms. The van der Waals surface area contributed by atoms with Gasteiger partial charge in [0, 0.05) is 17.5 Å². The van der Waals surface area contributed by atoms with Crippen LogP contribution in [0.4, 0.5) is 0 Å². The minimum atomic E-state index is -0.0382. The molecule has 1 aromatic heterocycles. The molecule has 0 aliphatic carbocycles. The molecule has 2 aromatic rings. The second-order valence-corrected chi connectivity index (χ2v) is 7.31. The maximum Gasteiger partial charge on any atom is 0.262 e. The molecule has 1 aliphatic heterocycles. The Balaban J connectivity index is 1.65. The number of carbonyl (C=O) groups is 1. The summed E-state index contributed by atoms with van der Waals surface area (Å²) in [5.41, 5.74) is 0.921. The van der Waals surface area contributed by atoms with E-state index in [1.807, 2.05) is 18.2 Å². The Labute approximate surface area is 152 Å². The first-order valence-corrected chi connectivity index (χ1v) is 9.43. The highest BCUT2D eigenvalue weighted by Crippen LogP contribution is 2.34. The van der Waals surface area contributed by atoms with Crippen LogP contribution in [0, 0.1) is 0 Å². The van der Waals surface area contributed by atoms with Crippen molar-refractivity contribution in [2.45, 2.75) is 32.2 Å². The zero-order chi connectivity index (χ0) is 17.8. The molecule has 2 N–H and O–H groups in total. The number of nitrogens with zero attached hydrogens (tertiary/aromatic N) is 1. The largest absolute Gasteiger partial charge is 0.504 e. The first-order valence-electron chi connectivity index (χ1n) is 8.61. The molecule has 0 saturated carbocycles. The third kappa shape index (κ3) is 3.96. The molecule has 0 bridgehead atoms. The normalized spacial score (nSPS) is 17.6. The maximum atomic E-state index is 12.4. The average Bonchev–Trinajstić information content (AvgIpc) is 3.29. The number of likely N-dealkylation sites (tertiary alicyclic amines) is 1. The van der Waals surface area contributed by atoms with Crippen molar-refractivity contribution in [3.63, 3.8) is 0 Å². The van der Waals surface area contributed by atoms with Gasteiger partial charge in [-0.3, -0.25) is 9.69 Å². The van der Waals surface area contributed by atoms with E-state index in [2.05, 4.69) is 17.1 Å². The Morgan fingerprint density at radius 1 is 1.40 bits per heavy atom. The van der Waals surface area contributed by atoms with Crippen LogP contribution in [0.1, 0.15) is 35.9 Å². The van der Waals surface area contributed by atoms with Crippen molar-refractivity contribution in [2.24, 2.45) is 0 Å². The molecule has 1 saturated heterocycles. The third-order valence-electron chi connectivity index (χ3n) is 4.71.